The van der Waals surface area contributed by atoms with Crippen LogP contribution in [0, 0.1) is 46.3 Å². The molecule has 0 saturated heterocycles. The first-order chi connectivity index (χ1) is 14.2. The lowest BCUT2D eigenvalue weighted by Crippen LogP contribution is -2.42. The first kappa shape index (κ1) is 21.1. The molecule has 9 atom stereocenters. The second kappa shape index (κ2) is 7.13. The molecule has 0 radical (unpaired) electrons. The Morgan fingerprint density at radius 2 is 1.27 bits per heavy atom. The quantitative estimate of drug-likeness (QED) is 0.452. The van der Waals surface area contributed by atoms with Gasteiger partial charge in [0.2, 0.25) is 0 Å². The molecule has 5 rings (SSSR count). The first-order valence-electron chi connectivity index (χ1n) is 12.9. The van der Waals surface area contributed by atoms with E-state index < -0.39 is 0 Å². The predicted molar refractivity (Wildman–Crippen MR) is 128 cm³/mol. The van der Waals surface area contributed by atoms with Crippen molar-refractivity contribution in [2.75, 3.05) is 0 Å². The molecule has 1 aromatic carbocycles. The lowest BCUT2D eigenvalue weighted by Gasteiger charge is -2.42. The SMILES string of the molecule is CC(OB([C@H]1[C@H]2[C@@H](CC[C@@H]1C)C2(C)C)[C@H]1[C@H]2[C@@H](CC[C@@H]1C)C2(C)C)c1ccccc1. The van der Waals surface area contributed by atoms with Crippen LogP contribution in [0.15, 0.2) is 30.3 Å². The highest BCUT2D eigenvalue weighted by Crippen LogP contribution is 2.75. The van der Waals surface area contributed by atoms with E-state index in [0.29, 0.717) is 17.7 Å². The minimum atomic E-state index is 0.181. The molecule has 0 aromatic heterocycles. The highest BCUT2D eigenvalue weighted by molar-refractivity contribution is 6.56. The molecule has 2 heteroatoms. The van der Waals surface area contributed by atoms with E-state index in [1.54, 1.807) is 0 Å². The lowest BCUT2D eigenvalue weighted by atomic mass is 9.37. The molecule has 1 nitrogen and oxygen atoms in total. The molecule has 0 heterocycles. The third-order valence-electron chi connectivity index (χ3n) is 10.7. The summed E-state index contributed by atoms with van der Waals surface area (Å²) in [5, 5.41) is 0. The van der Waals surface area contributed by atoms with Gasteiger partial charge in [-0.1, -0.05) is 84.7 Å². The van der Waals surface area contributed by atoms with Gasteiger partial charge < -0.3 is 4.65 Å². The monoisotopic (exact) mass is 406 g/mol. The summed E-state index contributed by atoms with van der Waals surface area (Å²) in [5.41, 5.74) is 2.37. The van der Waals surface area contributed by atoms with Crippen molar-refractivity contribution in [3.05, 3.63) is 35.9 Å². The molecule has 1 unspecified atom stereocenters. The maximum Gasteiger partial charge on any atom is 0.301 e. The van der Waals surface area contributed by atoms with Crippen LogP contribution in [0.4, 0.5) is 0 Å². The zero-order valence-corrected chi connectivity index (χ0v) is 20.4. The Labute approximate surface area is 185 Å². The summed E-state index contributed by atoms with van der Waals surface area (Å²) in [6.07, 6.45) is 5.85. The van der Waals surface area contributed by atoms with Crippen LogP contribution in [0.3, 0.4) is 0 Å². The molecule has 0 N–H and O–H groups in total. The molecular formula is C28H43BO. The van der Waals surface area contributed by atoms with Crippen LogP contribution >= 0.6 is 0 Å². The summed E-state index contributed by atoms with van der Waals surface area (Å²) >= 11 is 0. The Balaban J connectivity index is 1.49. The van der Waals surface area contributed by atoms with Gasteiger partial charge in [-0.3, -0.25) is 0 Å². The highest BCUT2D eigenvalue weighted by atomic mass is 16.4. The summed E-state index contributed by atoms with van der Waals surface area (Å²) in [5.74, 6) is 6.62. The van der Waals surface area contributed by atoms with Crippen LogP contribution < -0.4 is 0 Å². The molecule has 1 aromatic rings. The zero-order chi connectivity index (χ0) is 21.4. The van der Waals surface area contributed by atoms with E-state index in [1.807, 2.05) is 0 Å². The fourth-order valence-corrected chi connectivity index (χ4v) is 8.71. The van der Waals surface area contributed by atoms with Crippen LogP contribution in [0.25, 0.3) is 0 Å². The first-order valence-corrected chi connectivity index (χ1v) is 12.9. The molecule has 4 aliphatic rings. The van der Waals surface area contributed by atoms with Gasteiger partial charge >= 0.3 is 6.92 Å². The van der Waals surface area contributed by atoms with E-state index in [-0.39, 0.29) is 6.10 Å². The fraction of sp³-hybridized carbons (Fsp3) is 0.786. The highest BCUT2D eigenvalue weighted by Gasteiger charge is 2.70. The molecule has 4 fully saturated rings. The average molecular weight is 406 g/mol. The van der Waals surface area contributed by atoms with Gasteiger partial charge in [0.05, 0.1) is 6.10 Å². The molecule has 164 valence electrons. The maximum absolute atomic E-state index is 7.24. The van der Waals surface area contributed by atoms with Crippen molar-refractivity contribution >= 4 is 6.92 Å². The summed E-state index contributed by atoms with van der Waals surface area (Å²) in [6, 6.07) is 11.0. The molecule has 4 saturated carbocycles. The Hall–Kier alpha value is -0.755. The molecule has 0 spiro atoms. The number of benzene rings is 1. The van der Waals surface area contributed by atoms with Crippen molar-refractivity contribution in [1.82, 2.24) is 0 Å². The van der Waals surface area contributed by atoms with Crippen LogP contribution in [0.5, 0.6) is 0 Å². The van der Waals surface area contributed by atoms with Gasteiger partial charge in [0.1, 0.15) is 0 Å². The zero-order valence-electron chi connectivity index (χ0n) is 20.4. The van der Waals surface area contributed by atoms with Gasteiger partial charge in [0.25, 0.3) is 0 Å². The summed E-state index contributed by atoms with van der Waals surface area (Å²) in [6.45, 7) is 18.0. The summed E-state index contributed by atoms with van der Waals surface area (Å²) < 4.78 is 7.24. The van der Waals surface area contributed by atoms with E-state index in [0.717, 1.165) is 47.1 Å². The molecule has 0 bridgehead atoms. The van der Waals surface area contributed by atoms with Gasteiger partial charge in [-0.15, -0.1) is 0 Å². The van der Waals surface area contributed by atoms with Crippen molar-refractivity contribution in [2.45, 2.75) is 91.9 Å². The topological polar surface area (TPSA) is 9.23 Å². The second-order valence-electron chi connectivity index (χ2n) is 12.8. The van der Waals surface area contributed by atoms with E-state index in [9.17, 15) is 0 Å². The van der Waals surface area contributed by atoms with E-state index in [2.05, 4.69) is 78.8 Å². The minimum absolute atomic E-state index is 0.181. The van der Waals surface area contributed by atoms with Crippen molar-refractivity contribution in [3.8, 4) is 0 Å². The normalized spacial score (nSPS) is 43.8. The van der Waals surface area contributed by atoms with Gasteiger partial charge in [-0.2, -0.15) is 0 Å². The Morgan fingerprint density at radius 3 is 1.73 bits per heavy atom. The van der Waals surface area contributed by atoms with E-state index >= 15 is 0 Å². The standard InChI is InChI=1S/C28H43BO/c1-17-13-15-21-23(27(21,4)5)25(17)29(30-19(3)20-11-9-8-10-12-20)26-18(2)14-16-22-24(26)28(22,6)7/h8-12,17-19,21-26H,13-16H2,1-7H3/t17-,18-,19?,21+,22+,23+,24+,25+,26+/m0/s1. The van der Waals surface area contributed by atoms with Gasteiger partial charge in [-0.05, 0) is 83.3 Å². The van der Waals surface area contributed by atoms with Gasteiger partial charge in [0.15, 0.2) is 0 Å². The van der Waals surface area contributed by atoms with Gasteiger partial charge in [-0.25, -0.2) is 0 Å². The lowest BCUT2D eigenvalue weighted by molar-refractivity contribution is 0.181. The summed E-state index contributed by atoms with van der Waals surface area (Å²) in [4.78, 5) is 0. The van der Waals surface area contributed by atoms with Crippen molar-refractivity contribution in [2.24, 2.45) is 46.3 Å². The molecule has 30 heavy (non-hydrogen) atoms. The number of fused-ring (bicyclic) bond motifs is 2. The molecule has 4 aliphatic carbocycles. The van der Waals surface area contributed by atoms with E-state index in [4.69, 9.17) is 4.65 Å². The van der Waals surface area contributed by atoms with Gasteiger partial charge in [0, 0.05) is 0 Å². The van der Waals surface area contributed by atoms with Crippen molar-refractivity contribution in [1.29, 1.82) is 0 Å². The molecule has 0 amide bonds. The number of rotatable bonds is 5. The Kier molecular flexibility index (Phi) is 5.01. The third kappa shape index (κ3) is 3.15. The van der Waals surface area contributed by atoms with Crippen molar-refractivity contribution < 1.29 is 4.65 Å². The van der Waals surface area contributed by atoms with Crippen LogP contribution in [-0.4, -0.2) is 6.92 Å². The second-order valence-corrected chi connectivity index (χ2v) is 12.8. The average Bonchev–Trinajstić information content (AvgIpc) is 3.49. The Bertz CT molecular complexity index is 728. The van der Waals surface area contributed by atoms with Crippen molar-refractivity contribution in [3.63, 3.8) is 0 Å². The third-order valence-corrected chi connectivity index (χ3v) is 10.7. The fourth-order valence-electron chi connectivity index (χ4n) is 8.71. The number of hydrogen-bond acceptors (Lipinski definition) is 1. The molecular weight excluding hydrogens is 363 g/mol. The van der Waals surface area contributed by atoms with Crippen LogP contribution in [0.1, 0.15) is 85.8 Å². The minimum Gasteiger partial charge on any atom is -0.429 e. The predicted octanol–water partition coefficient (Wildman–Crippen LogP) is 7.90. The van der Waals surface area contributed by atoms with Crippen LogP contribution in [-0.2, 0) is 4.65 Å². The Morgan fingerprint density at radius 1 is 0.800 bits per heavy atom. The van der Waals surface area contributed by atoms with Crippen LogP contribution in [0.2, 0.25) is 11.6 Å². The summed E-state index contributed by atoms with van der Waals surface area (Å²) in [7, 11) is 0. The van der Waals surface area contributed by atoms with E-state index in [1.165, 1.54) is 31.2 Å². The molecule has 0 aliphatic heterocycles. The largest absolute Gasteiger partial charge is 0.429 e. The smallest absolute Gasteiger partial charge is 0.301 e. The number of hydrogen-bond donors (Lipinski definition) is 0. The maximum atomic E-state index is 7.24.